The molecule has 0 amide bonds. The number of carboxylic acid groups (broad SMARTS) is 1. The van der Waals surface area contributed by atoms with Crippen LogP contribution in [0.25, 0.3) is 0 Å². The van der Waals surface area contributed by atoms with Crippen LogP contribution in [0.15, 0.2) is 72.8 Å². The number of carbonyl (C=O) groups excluding carboxylic acids is 1. The maximum absolute atomic E-state index is 11.0. The number of methoxy groups -OCH3 is 1. The summed E-state index contributed by atoms with van der Waals surface area (Å²) in [5.74, 6) is 5.85. The molecule has 4 rings (SSSR count). The number of aliphatic carboxylic acids is 1. The van der Waals surface area contributed by atoms with Gasteiger partial charge in [0.15, 0.2) is 0 Å². The van der Waals surface area contributed by atoms with Crippen molar-refractivity contribution in [2.45, 2.75) is 25.9 Å². The molecular formula is C30H31N2NaO4. The molecule has 1 aliphatic rings. The molecule has 0 aliphatic carbocycles. The van der Waals surface area contributed by atoms with Crippen LogP contribution in [0.3, 0.4) is 0 Å². The van der Waals surface area contributed by atoms with E-state index >= 15 is 0 Å². The summed E-state index contributed by atoms with van der Waals surface area (Å²) in [6.07, 6.45) is -0.123. The van der Waals surface area contributed by atoms with E-state index in [4.69, 9.17) is 9.47 Å². The van der Waals surface area contributed by atoms with E-state index in [9.17, 15) is 9.90 Å². The van der Waals surface area contributed by atoms with E-state index in [2.05, 4.69) is 58.0 Å². The molecule has 6 nitrogen and oxygen atoms in total. The first-order chi connectivity index (χ1) is 17.6. The average molecular weight is 507 g/mol. The van der Waals surface area contributed by atoms with Crippen LogP contribution in [0.5, 0.6) is 11.5 Å². The van der Waals surface area contributed by atoms with Gasteiger partial charge >= 0.3 is 29.6 Å². The summed E-state index contributed by atoms with van der Waals surface area (Å²) in [5, 5.41) is 11.0. The van der Waals surface area contributed by atoms with Crippen molar-refractivity contribution < 1.29 is 48.9 Å². The van der Waals surface area contributed by atoms with Crippen molar-refractivity contribution in [3.8, 4) is 23.3 Å². The van der Waals surface area contributed by atoms with E-state index in [1.807, 2.05) is 36.4 Å². The number of hydrogen-bond donors (Lipinski definition) is 0. The van der Waals surface area contributed by atoms with Crippen LogP contribution in [0.2, 0.25) is 0 Å². The topological polar surface area (TPSA) is 65.1 Å². The number of ether oxygens (including phenoxy) is 2. The largest absolute Gasteiger partial charge is 1.00 e. The summed E-state index contributed by atoms with van der Waals surface area (Å²) in [4.78, 5) is 15.8. The van der Waals surface area contributed by atoms with Crippen molar-refractivity contribution in [2.75, 3.05) is 43.1 Å². The SMILES string of the molecule is CC#C[C@@H](CC(=O)[O-])c1ccc(OCc2cccc(N3CCN(c4ccc(OC)cc4)CC3)c2)cc1.[Na+]. The van der Waals surface area contributed by atoms with Crippen LogP contribution in [0.1, 0.15) is 30.4 Å². The van der Waals surface area contributed by atoms with Gasteiger partial charge in [-0.3, -0.25) is 0 Å². The Kier molecular flexibility index (Phi) is 10.8. The first kappa shape index (κ1) is 28.5. The molecule has 1 heterocycles. The molecule has 3 aromatic carbocycles. The quantitative estimate of drug-likeness (QED) is 0.317. The smallest absolute Gasteiger partial charge is 0.550 e. The number of rotatable bonds is 9. The molecule has 0 bridgehead atoms. The van der Waals surface area contributed by atoms with E-state index < -0.39 is 5.97 Å². The van der Waals surface area contributed by atoms with Crippen molar-refractivity contribution >= 4 is 17.3 Å². The van der Waals surface area contributed by atoms with Gasteiger partial charge in [-0.05, 0) is 66.6 Å². The Morgan fingerprint density at radius 3 is 2.14 bits per heavy atom. The third kappa shape index (κ3) is 7.93. The fourth-order valence-corrected chi connectivity index (χ4v) is 4.41. The van der Waals surface area contributed by atoms with Gasteiger partial charge in [-0.25, -0.2) is 0 Å². The zero-order valence-corrected chi connectivity index (χ0v) is 23.8. The maximum Gasteiger partial charge on any atom is 1.00 e. The molecule has 1 atom stereocenters. The number of benzene rings is 3. The molecule has 1 aliphatic heterocycles. The third-order valence-electron chi connectivity index (χ3n) is 6.37. The van der Waals surface area contributed by atoms with Gasteiger partial charge in [0.1, 0.15) is 18.1 Å². The second-order valence-corrected chi connectivity index (χ2v) is 8.72. The normalized spacial score (nSPS) is 13.6. The van der Waals surface area contributed by atoms with Gasteiger partial charge in [-0.1, -0.05) is 30.2 Å². The minimum absolute atomic E-state index is 0. The first-order valence-electron chi connectivity index (χ1n) is 12.1. The fourth-order valence-electron chi connectivity index (χ4n) is 4.41. The van der Waals surface area contributed by atoms with Crippen molar-refractivity contribution in [1.29, 1.82) is 0 Å². The number of anilines is 2. The van der Waals surface area contributed by atoms with E-state index in [1.165, 1.54) is 11.4 Å². The van der Waals surface area contributed by atoms with Crippen molar-refractivity contribution in [2.24, 2.45) is 0 Å². The van der Waals surface area contributed by atoms with Gasteiger partial charge in [0.2, 0.25) is 0 Å². The van der Waals surface area contributed by atoms with Crippen LogP contribution in [-0.2, 0) is 11.4 Å². The minimum atomic E-state index is -1.11. The molecule has 0 spiro atoms. The number of carbonyl (C=O) groups is 1. The standard InChI is InChI=1S/C30H32N2O4.Na/c1-3-5-25(21-30(33)34)24-8-12-29(13-9-24)36-22-23-6-4-7-27(20-23)32-18-16-31(17-19-32)26-10-14-28(35-2)15-11-26;/h4,6-15,20,25H,16-19,21-22H2,1-2H3,(H,33,34);/q;+1/p-1/t25-;/m0./s1. The molecule has 186 valence electrons. The second-order valence-electron chi connectivity index (χ2n) is 8.72. The molecule has 1 fully saturated rings. The molecule has 7 heteroatoms. The molecule has 0 saturated carbocycles. The monoisotopic (exact) mass is 506 g/mol. The average Bonchev–Trinajstić information content (AvgIpc) is 2.92. The molecular weight excluding hydrogens is 475 g/mol. The fraction of sp³-hybridized carbons (Fsp3) is 0.300. The summed E-state index contributed by atoms with van der Waals surface area (Å²) in [6, 6.07) is 24.1. The number of carboxylic acids is 1. The van der Waals surface area contributed by atoms with Gasteiger partial charge in [-0.15, -0.1) is 5.92 Å². The zero-order chi connectivity index (χ0) is 25.3. The van der Waals surface area contributed by atoms with E-state index in [-0.39, 0.29) is 41.9 Å². The third-order valence-corrected chi connectivity index (χ3v) is 6.37. The summed E-state index contributed by atoms with van der Waals surface area (Å²) in [6.45, 7) is 5.98. The number of piperazine rings is 1. The minimum Gasteiger partial charge on any atom is -0.550 e. The zero-order valence-electron chi connectivity index (χ0n) is 21.8. The summed E-state index contributed by atoms with van der Waals surface area (Å²) in [7, 11) is 1.68. The predicted molar refractivity (Wildman–Crippen MR) is 140 cm³/mol. The van der Waals surface area contributed by atoms with Gasteiger partial charge in [0, 0.05) is 49.9 Å². The van der Waals surface area contributed by atoms with Crippen molar-refractivity contribution in [3.05, 3.63) is 83.9 Å². The Morgan fingerprint density at radius 2 is 1.54 bits per heavy atom. The van der Waals surface area contributed by atoms with E-state index in [0.717, 1.165) is 48.8 Å². The molecule has 0 unspecified atom stereocenters. The van der Waals surface area contributed by atoms with E-state index in [1.54, 1.807) is 14.0 Å². The predicted octanol–water partition coefficient (Wildman–Crippen LogP) is 0.852. The van der Waals surface area contributed by atoms with Gasteiger partial charge in [0.05, 0.1) is 13.0 Å². The summed E-state index contributed by atoms with van der Waals surface area (Å²) in [5.41, 5.74) is 4.36. The van der Waals surface area contributed by atoms with E-state index in [0.29, 0.717) is 6.61 Å². The summed E-state index contributed by atoms with van der Waals surface area (Å²) < 4.78 is 11.3. The van der Waals surface area contributed by atoms with Gasteiger partial charge in [0.25, 0.3) is 0 Å². The van der Waals surface area contributed by atoms with Crippen LogP contribution in [0, 0.1) is 11.8 Å². The van der Waals surface area contributed by atoms with Crippen LogP contribution in [-0.4, -0.2) is 39.3 Å². The maximum atomic E-state index is 11.0. The Hall–Kier alpha value is -3.11. The number of hydrogen-bond acceptors (Lipinski definition) is 6. The van der Waals surface area contributed by atoms with Gasteiger partial charge < -0.3 is 29.2 Å². The molecule has 3 aromatic rings. The molecule has 0 aromatic heterocycles. The Bertz CT molecular complexity index is 1210. The first-order valence-corrected chi connectivity index (χ1v) is 12.1. The Labute approximate surface area is 241 Å². The van der Waals surface area contributed by atoms with Crippen molar-refractivity contribution in [1.82, 2.24) is 0 Å². The van der Waals surface area contributed by atoms with Crippen LogP contribution < -0.4 is 53.9 Å². The molecule has 1 saturated heterocycles. The second kappa shape index (κ2) is 14.0. The van der Waals surface area contributed by atoms with Crippen LogP contribution >= 0.6 is 0 Å². The Morgan fingerprint density at radius 1 is 0.919 bits per heavy atom. The number of nitrogens with zero attached hydrogens (tertiary/aromatic N) is 2. The van der Waals surface area contributed by atoms with Crippen LogP contribution in [0.4, 0.5) is 11.4 Å². The van der Waals surface area contributed by atoms with Gasteiger partial charge in [-0.2, -0.15) is 0 Å². The van der Waals surface area contributed by atoms with Crippen molar-refractivity contribution in [3.63, 3.8) is 0 Å². The molecule has 0 radical (unpaired) electrons. The molecule has 0 N–H and O–H groups in total. The summed E-state index contributed by atoms with van der Waals surface area (Å²) >= 11 is 0. The Balaban J connectivity index is 0.00000380. The molecule has 37 heavy (non-hydrogen) atoms.